The van der Waals surface area contributed by atoms with E-state index in [1.54, 1.807) is 0 Å². The van der Waals surface area contributed by atoms with Gasteiger partial charge in [0, 0.05) is 62.7 Å². The second kappa shape index (κ2) is 8.78. The number of rotatable bonds is 4. The zero-order chi connectivity index (χ0) is 19.5. The van der Waals surface area contributed by atoms with E-state index in [9.17, 15) is 0 Å². The fourth-order valence-corrected chi connectivity index (χ4v) is 5.34. The van der Waals surface area contributed by atoms with Crippen LogP contribution in [0.4, 0.5) is 5.82 Å². The molecule has 4 heterocycles. The molecule has 0 radical (unpaired) electrons. The van der Waals surface area contributed by atoms with E-state index in [-0.39, 0.29) is 0 Å². The summed E-state index contributed by atoms with van der Waals surface area (Å²) in [5.41, 5.74) is 3.74. The molecule has 2 aromatic heterocycles. The molecule has 2 aliphatic heterocycles. The molecule has 5 rings (SSSR count). The van der Waals surface area contributed by atoms with E-state index < -0.39 is 0 Å². The van der Waals surface area contributed by atoms with Crippen molar-refractivity contribution in [3.05, 3.63) is 35.8 Å². The molecular formula is C24H33N5. The Balaban J connectivity index is 1.44. The summed E-state index contributed by atoms with van der Waals surface area (Å²) < 4.78 is 0. The number of piperidine rings is 1. The SMILES string of the molecule is c1cc(-c2nc3c(c(N4CCCCC4)n2)CN(CC2CCCCC2)CC3)ccn1. The highest BCUT2D eigenvalue weighted by molar-refractivity contribution is 5.60. The summed E-state index contributed by atoms with van der Waals surface area (Å²) >= 11 is 0. The summed E-state index contributed by atoms with van der Waals surface area (Å²) in [5.74, 6) is 2.96. The largest absolute Gasteiger partial charge is 0.356 e. The second-order valence-corrected chi connectivity index (χ2v) is 9.07. The van der Waals surface area contributed by atoms with E-state index >= 15 is 0 Å². The third-order valence-electron chi connectivity index (χ3n) is 6.95. The standard InChI is InChI=1S/C24H33N5/c1-3-7-19(8-4-1)17-28-16-11-22-21(18-28)24(29-14-5-2-6-15-29)27-23(26-22)20-9-12-25-13-10-20/h9-10,12-13,19H,1-8,11,14-18H2. The highest BCUT2D eigenvalue weighted by atomic mass is 15.2. The summed E-state index contributed by atoms with van der Waals surface area (Å²) in [5, 5.41) is 0. The van der Waals surface area contributed by atoms with Gasteiger partial charge in [-0.3, -0.25) is 9.88 Å². The van der Waals surface area contributed by atoms with Gasteiger partial charge in [0.05, 0.1) is 5.69 Å². The van der Waals surface area contributed by atoms with E-state index in [1.165, 1.54) is 75.0 Å². The van der Waals surface area contributed by atoms with Gasteiger partial charge < -0.3 is 4.90 Å². The zero-order valence-electron chi connectivity index (χ0n) is 17.5. The maximum Gasteiger partial charge on any atom is 0.161 e. The van der Waals surface area contributed by atoms with Crippen molar-refractivity contribution in [1.82, 2.24) is 19.9 Å². The Morgan fingerprint density at radius 3 is 2.41 bits per heavy atom. The van der Waals surface area contributed by atoms with Gasteiger partial charge in [-0.25, -0.2) is 9.97 Å². The number of hydrogen-bond donors (Lipinski definition) is 0. The third kappa shape index (κ3) is 4.30. The van der Waals surface area contributed by atoms with E-state index in [0.29, 0.717) is 0 Å². The van der Waals surface area contributed by atoms with Gasteiger partial charge in [0.25, 0.3) is 0 Å². The number of nitrogens with zero attached hydrogens (tertiary/aromatic N) is 5. The topological polar surface area (TPSA) is 45.2 Å². The van der Waals surface area contributed by atoms with Gasteiger partial charge in [-0.15, -0.1) is 0 Å². The fourth-order valence-electron chi connectivity index (χ4n) is 5.34. The third-order valence-corrected chi connectivity index (χ3v) is 6.95. The smallest absolute Gasteiger partial charge is 0.161 e. The van der Waals surface area contributed by atoms with E-state index in [2.05, 4.69) is 14.8 Å². The molecule has 1 saturated heterocycles. The number of pyridine rings is 1. The van der Waals surface area contributed by atoms with Crippen molar-refractivity contribution >= 4 is 5.82 Å². The minimum Gasteiger partial charge on any atom is -0.356 e. The molecule has 0 amide bonds. The Morgan fingerprint density at radius 1 is 0.862 bits per heavy atom. The van der Waals surface area contributed by atoms with Gasteiger partial charge in [-0.2, -0.15) is 0 Å². The molecule has 0 atom stereocenters. The zero-order valence-corrected chi connectivity index (χ0v) is 17.5. The lowest BCUT2D eigenvalue weighted by Gasteiger charge is -2.36. The predicted molar refractivity (Wildman–Crippen MR) is 117 cm³/mol. The summed E-state index contributed by atoms with van der Waals surface area (Å²) in [6, 6.07) is 4.06. The Bertz CT molecular complexity index is 810. The van der Waals surface area contributed by atoms with Crippen LogP contribution < -0.4 is 4.90 Å². The molecular weight excluding hydrogens is 358 g/mol. The minimum atomic E-state index is 0.868. The average molecular weight is 392 g/mol. The van der Waals surface area contributed by atoms with Crippen molar-refractivity contribution in [2.75, 3.05) is 31.1 Å². The lowest BCUT2D eigenvalue weighted by atomic mass is 9.88. The van der Waals surface area contributed by atoms with Crippen molar-refractivity contribution in [3.63, 3.8) is 0 Å². The molecule has 5 heteroatoms. The Hall–Kier alpha value is -2.01. The quantitative estimate of drug-likeness (QED) is 0.770. The first-order valence-electron chi connectivity index (χ1n) is 11.6. The molecule has 0 N–H and O–H groups in total. The average Bonchev–Trinajstić information content (AvgIpc) is 2.80. The molecule has 0 bridgehead atoms. The van der Waals surface area contributed by atoms with Gasteiger partial charge >= 0.3 is 0 Å². The summed E-state index contributed by atoms with van der Waals surface area (Å²) in [6.07, 6.45) is 15.7. The van der Waals surface area contributed by atoms with Crippen LogP contribution in [0.25, 0.3) is 11.4 Å². The minimum absolute atomic E-state index is 0.868. The van der Waals surface area contributed by atoms with Gasteiger partial charge in [-0.1, -0.05) is 19.3 Å². The van der Waals surface area contributed by atoms with Gasteiger partial charge in [0.15, 0.2) is 5.82 Å². The maximum absolute atomic E-state index is 5.12. The Morgan fingerprint density at radius 2 is 1.62 bits per heavy atom. The normalized spacial score (nSPS) is 21.2. The second-order valence-electron chi connectivity index (χ2n) is 9.07. The first-order chi connectivity index (χ1) is 14.4. The van der Waals surface area contributed by atoms with Crippen LogP contribution in [0.2, 0.25) is 0 Å². The monoisotopic (exact) mass is 391 g/mol. The van der Waals surface area contributed by atoms with Crippen molar-refractivity contribution in [1.29, 1.82) is 0 Å². The fraction of sp³-hybridized carbons (Fsp3) is 0.625. The molecule has 5 nitrogen and oxygen atoms in total. The van der Waals surface area contributed by atoms with Crippen molar-refractivity contribution < 1.29 is 0 Å². The molecule has 154 valence electrons. The van der Waals surface area contributed by atoms with Crippen LogP contribution in [0.5, 0.6) is 0 Å². The Kier molecular flexibility index (Phi) is 5.75. The van der Waals surface area contributed by atoms with E-state index in [0.717, 1.165) is 49.9 Å². The Labute approximate surface area is 174 Å². The first kappa shape index (κ1) is 19.0. The van der Waals surface area contributed by atoms with E-state index in [1.807, 2.05) is 24.5 Å². The molecule has 0 unspecified atom stereocenters. The number of anilines is 1. The number of hydrogen-bond acceptors (Lipinski definition) is 5. The first-order valence-corrected chi connectivity index (χ1v) is 11.6. The molecule has 1 aliphatic carbocycles. The van der Waals surface area contributed by atoms with Crippen LogP contribution in [-0.4, -0.2) is 46.0 Å². The van der Waals surface area contributed by atoms with Crippen molar-refractivity contribution in [2.45, 2.75) is 64.3 Å². The van der Waals surface area contributed by atoms with Gasteiger partial charge in [0.1, 0.15) is 5.82 Å². The van der Waals surface area contributed by atoms with Crippen LogP contribution in [0.3, 0.4) is 0 Å². The highest BCUT2D eigenvalue weighted by Gasteiger charge is 2.27. The van der Waals surface area contributed by atoms with Crippen molar-refractivity contribution in [2.24, 2.45) is 5.92 Å². The molecule has 0 spiro atoms. The summed E-state index contributed by atoms with van der Waals surface area (Å²) in [6.45, 7) is 5.67. The highest BCUT2D eigenvalue weighted by Crippen LogP contribution is 2.32. The maximum atomic E-state index is 5.12. The molecule has 3 aliphatic rings. The number of aromatic nitrogens is 3. The molecule has 29 heavy (non-hydrogen) atoms. The van der Waals surface area contributed by atoms with Crippen LogP contribution in [-0.2, 0) is 13.0 Å². The summed E-state index contributed by atoms with van der Waals surface area (Å²) in [7, 11) is 0. The summed E-state index contributed by atoms with van der Waals surface area (Å²) in [4.78, 5) is 19.5. The predicted octanol–water partition coefficient (Wildman–Crippen LogP) is 4.47. The van der Waals surface area contributed by atoms with Crippen LogP contribution in [0.15, 0.2) is 24.5 Å². The van der Waals surface area contributed by atoms with Crippen LogP contribution >= 0.6 is 0 Å². The van der Waals surface area contributed by atoms with E-state index in [4.69, 9.17) is 9.97 Å². The number of fused-ring (bicyclic) bond motifs is 1. The molecule has 1 saturated carbocycles. The molecule has 2 fully saturated rings. The van der Waals surface area contributed by atoms with Gasteiger partial charge in [0.2, 0.25) is 0 Å². The lowest BCUT2D eigenvalue weighted by Crippen LogP contribution is -2.38. The van der Waals surface area contributed by atoms with Crippen LogP contribution in [0, 0.1) is 5.92 Å². The molecule has 2 aromatic rings. The van der Waals surface area contributed by atoms with Gasteiger partial charge in [-0.05, 0) is 50.2 Å². The lowest BCUT2D eigenvalue weighted by molar-refractivity contribution is 0.186. The molecule has 0 aromatic carbocycles. The van der Waals surface area contributed by atoms with Crippen LogP contribution in [0.1, 0.15) is 62.6 Å². The van der Waals surface area contributed by atoms with Crippen molar-refractivity contribution in [3.8, 4) is 11.4 Å².